The summed E-state index contributed by atoms with van der Waals surface area (Å²) in [5, 5.41) is 6.14. The van der Waals surface area contributed by atoms with Crippen LogP contribution < -0.4 is 15.5 Å². The van der Waals surface area contributed by atoms with E-state index in [2.05, 4.69) is 30.5 Å². The number of nitrogens with one attached hydrogen (secondary N) is 2. The fourth-order valence-electron chi connectivity index (χ4n) is 3.56. The average Bonchev–Trinajstić information content (AvgIpc) is 2.90. The molecule has 0 aliphatic carbocycles. The van der Waals surface area contributed by atoms with E-state index in [0.717, 1.165) is 60.3 Å². The lowest BCUT2D eigenvalue weighted by Gasteiger charge is -2.27. The Hall–Kier alpha value is -3.52. The minimum absolute atomic E-state index is 0.0663. The monoisotopic (exact) mass is 388 g/mol. The fraction of sp³-hybridized carbons (Fsp3) is 0.238. The van der Waals surface area contributed by atoms with Gasteiger partial charge in [0.1, 0.15) is 5.82 Å². The van der Waals surface area contributed by atoms with Crippen LogP contribution in [0.25, 0.3) is 11.3 Å². The van der Waals surface area contributed by atoms with Gasteiger partial charge in [-0.15, -0.1) is 0 Å². The van der Waals surface area contributed by atoms with Crippen LogP contribution in [-0.2, 0) is 16.0 Å². The Labute approximate surface area is 168 Å². The molecule has 2 aliphatic rings. The summed E-state index contributed by atoms with van der Waals surface area (Å²) in [7, 11) is 0. The third kappa shape index (κ3) is 3.62. The maximum absolute atomic E-state index is 12.1. The first kappa shape index (κ1) is 17.6. The van der Waals surface area contributed by atoms with Crippen LogP contribution in [0.15, 0.2) is 48.8 Å². The summed E-state index contributed by atoms with van der Waals surface area (Å²) >= 11 is 0. The highest BCUT2D eigenvalue weighted by Gasteiger charge is 2.20. The summed E-state index contributed by atoms with van der Waals surface area (Å²) in [6, 6.07) is 11.6. The van der Waals surface area contributed by atoms with E-state index in [9.17, 15) is 4.79 Å². The molecular weight excluding hydrogens is 368 g/mol. The number of hydrogen-bond acceptors (Lipinski definition) is 7. The quantitative estimate of drug-likeness (QED) is 0.712. The van der Waals surface area contributed by atoms with Gasteiger partial charge in [-0.1, -0.05) is 18.2 Å². The molecule has 2 aliphatic heterocycles. The number of hydrogen-bond donors (Lipinski definition) is 2. The molecule has 1 fully saturated rings. The Bertz CT molecular complexity index is 1050. The number of nitrogens with zero attached hydrogens (tertiary/aromatic N) is 4. The first-order chi connectivity index (χ1) is 14.3. The van der Waals surface area contributed by atoms with Gasteiger partial charge in [0.25, 0.3) is 0 Å². The van der Waals surface area contributed by atoms with E-state index >= 15 is 0 Å². The van der Waals surface area contributed by atoms with Crippen molar-refractivity contribution >= 4 is 29.0 Å². The molecule has 29 heavy (non-hydrogen) atoms. The standard InChI is InChI=1S/C21H20N6O2/c28-19-11-14-12-23-21(26-20(14)16-3-1-2-4-17(16)25-19)24-15-5-6-18(22-13-15)27-7-9-29-10-8-27/h1-6,12-13H,7-11H2,(H,25,28)(H,23,24,26). The minimum Gasteiger partial charge on any atom is -0.378 e. The summed E-state index contributed by atoms with van der Waals surface area (Å²) in [5.74, 6) is 1.33. The molecule has 5 rings (SSSR count). The largest absolute Gasteiger partial charge is 0.378 e. The lowest BCUT2D eigenvalue weighted by molar-refractivity contribution is -0.115. The van der Waals surface area contributed by atoms with Crippen molar-refractivity contribution in [2.75, 3.05) is 41.8 Å². The SMILES string of the molecule is O=C1Cc2cnc(Nc3ccc(N4CCOCC4)nc3)nc2-c2ccccc2N1. The molecule has 1 saturated heterocycles. The van der Waals surface area contributed by atoms with Crippen molar-refractivity contribution in [1.82, 2.24) is 15.0 Å². The summed E-state index contributed by atoms with van der Waals surface area (Å²) < 4.78 is 5.39. The Morgan fingerprint density at radius 3 is 2.72 bits per heavy atom. The zero-order valence-electron chi connectivity index (χ0n) is 15.8. The predicted octanol–water partition coefficient (Wildman–Crippen LogP) is 2.61. The van der Waals surface area contributed by atoms with Crippen LogP contribution in [0.3, 0.4) is 0 Å². The number of carbonyl (C=O) groups is 1. The van der Waals surface area contributed by atoms with Gasteiger partial charge in [-0.25, -0.2) is 15.0 Å². The molecule has 3 aromatic rings. The molecule has 0 atom stereocenters. The van der Waals surface area contributed by atoms with Crippen LogP contribution in [0.2, 0.25) is 0 Å². The van der Waals surface area contributed by atoms with Gasteiger partial charge in [-0.3, -0.25) is 4.79 Å². The third-order valence-corrected chi connectivity index (χ3v) is 5.01. The molecule has 4 heterocycles. The number of morpholine rings is 1. The molecular formula is C21H20N6O2. The highest BCUT2D eigenvalue weighted by Crippen LogP contribution is 2.32. The smallest absolute Gasteiger partial charge is 0.228 e. The van der Waals surface area contributed by atoms with E-state index in [4.69, 9.17) is 4.74 Å². The van der Waals surface area contributed by atoms with Gasteiger partial charge >= 0.3 is 0 Å². The molecule has 8 heteroatoms. The highest BCUT2D eigenvalue weighted by atomic mass is 16.5. The summed E-state index contributed by atoms with van der Waals surface area (Å²) in [6.07, 6.45) is 3.74. The van der Waals surface area contributed by atoms with E-state index in [1.54, 1.807) is 12.4 Å². The van der Waals surface area contributed by atoms with Gasteiger partial charge in [0.15, 0.2) is 0 Å². The second-order valence-corrected chi connectivity index (χ2v) is 6.97. The lowest BCUT2D eigenvalue weighted by atomic mass is 10.1. The zero-order chi connectivity index (χ0) is 19.6. The molecule has 0 radical (unpaired) electrons. The van der Waals surface area contributed by atoms with Crippen molar-refractivity contribution in [2.24, 2.45) is 0 Å². The Morgan fingerprint density at radius 1 is 1.03 bits per heavy atom. The van der Waals surface area contributed by atoms with E-state index in [1.165, 1.54) is 0 Å². The van der Waals surface area contributed by atoms with E-state index in [1.807, 2.05) is 36.4 Å². The number of pyridine rings is 1. The van der Waals surface area contributed by atoms with Gasteiger partial charge in [0.05, 0.1) is 42.9 Å². The molecule has 8 nitrogen and oxygen atoms in total. The molecule has 146 valence electrons. The topological polar surface area (TPSA) is 92.3 Å². The molecule has 0 bridgehead atoms. The van der Waals surface area contributed by atoms with Gasteiger partial charge < -0.3 is 20.3 Å². The number of amides is 1. The van der Waals surface area contributed by atoms with Crippen LogP contribution in [-0.4, -0.2) is 47.2 Å². The first-order valence-corrected chi connectivity index (χ1v) is 9.57. The van der Waals surface area contributed by atoms with Crippen molar-refractivity contribution in [3.05, 3.63) is 54.4 Å². The molecule has 2 aromatic heterocycles. The number of ether oxygens (including phenoxy) is 1. The Balaban J connectivity index is 1.41. The van der Waals surface area contributed by atoms with Crippen LogP contribution in [0.5, 0.6) is 0 Å². The second kappa shape index (κ2) is 7.48. The van der Waals surface area contributed by atoms with Crippen LogP contribution in [0.4, 0.5) is 23.1 Å². The van der Waals surface area contributed by atoms with Crippen LogP contribution in [0.1, 0.15) is 5.56 Å². The van der Waals surface area contributed by atoms with Crippen molar-refractivity contribution in [3.8, 4) is 11.3 Å². The van der Waals surface area contributed by atoms with Crippen LogP contribution >= 0.6 is 0 Å². The Morgan fingerprint density at radius 2 is 1.90 bits per heavy atom. The van der Waals surface area contributed by atoms with Crippen molar-refractivity contribution < 1.29 is 9.53 Å². The van der Waals surface area contributed by atoms with Gasteiger partial charge in [0, 0.05) is 30.4 Å². The second-order valence-electron chi connectivity index (χ2n) is 6.97. The number of benzene rings is 1. The highest BCUT2D eigenvalue weighted by molar-refractivity contribution is 5.99. The fourth-order valence-corrected chi connectivity index (χ4v) is 3.56. The summed E-state index contributed by atoms with van der Waals surface area (Å²) in [4.78, 5) is 28.0. The maximum atomic E-state index is 12.1. The van der Waals surface area contributed by atoms with Crippen molar-refractivity contribution in [1.29, 1.82) is 0 Å². The predicted molar refractivity (Wildman–Crippen MR) is 110 cm³/mol. The van der Waals surface area contributed by atoms with E-state index in [-0.39, 0.29) is 12.3 Å². The average molecular weight is 388 g/mol. The molecule has 2 N–H and O–H groups in total. The van der Waals surface area contributed by atoms with Gasteiger partial charge in [0.2, 0.25) is 11.9 Å². The van der Waals surface area contributed by atoms with Gasteiger partial charge in [-0.2, -0.15) is 0 Å². The minimum atomic E-state index is -0.0663. The van der Waals surface area contributed by atoms with Gasteiger partial charge in [-0.05, 0) is 18.2 Å². The van der Waals surface area contributed by atoms with E-state index in [0.29, 0.717) is 5.95 Å². The van der Waals surface area contributed by atoms with E-state index < -0.39 is 0 Å². The van der Waals surface area contributed by atoms with Crippen molar-refractivity contribution in [2.45, 2.75) is 6.42 Å². The number of carbonyl (C=O) groups excluding carboxylic acids is 1. The normalized spacial score (nSPS) is 15.7. The molecule has 0 saturated carbocycles. The third-order valence-electron chi connectivity index (χ3n) is 5.01. The zero-order valence-corrected chi connectivity index (χ0v) is 15.8. The number of fused-ring (bicyclic) bond motifs is 3. The number of aromatic nitrogens is 3. The molecule has 0 spiro atoms. The number of anilines is 4. The molecule has 1 amide bonds. The summed E-state index contributed by atoms with van der Waals surface area (Å²) in [5.41, 5.74) is 4.02. The molecule has 0 unspecified atom stereocenters. The number of para-hydroxylation sites is 1. The van der Waals surface area contributed by atoms with Crippen molar-refractivity contribution in [3.63, 3.8) is 0 Å². The first-order valence-electron chi connectivity index (χ1n) is 9.57. The summed E-state index contributed by atoms with van der Waals surface area (Å²) in [6.45, 7) is 3.15. The Kier molecular flexibility index (Phi) is 4.53. The number of rotatable bonds is 3. The lowest BCUT2D eigenvalue weighted by Crippen LogP contribution is -2.36. The maximum Gasteiger partial charge on any atom is 0.228 e. The molecule has 1 aromatic carbocycles. The van der Waals surface area contributed by atoms with Crippen LogP contribution in [0, 0.1) is 0 Å².